The van der Waals surface area contributed by atoms with E-state index in [2.05, 4.69) is 76.5 Å². The standard InChI is InChI=1S/C17H26Si2/c1-14-15(13-11-9-8-10-12-13)16(14,18(2,3)4)17(14,15)19(5,6)7/h8-12H,1-7H3. The molecule has 0 saturated heterocycles. The number of hydrogen-bond donors (Lipinski definition) is 0. The molecule has 4 fully saturated rings. The molecule has 4 aliphatic carbocycles. The predicted octanol–water partition coefficient (Wildman–Crippen LogP) is 5.13. The lowest BCUT2D eigenvalue weighted by Gasteiger charge is -2.20. The summed E-state index contributed by atoms with van der Waals surface area (Å²) in [4.78, 5) is 0. The van der Waals surface area contributed by atoms with Gasteiger partial charge in [0, 0.05) is 5.41 Å². The first-order valence-electron chi connectivity index (χ1n) is 7.66. The van der Waals surface area contributed by atoms with Crippen LogP contribution in [-0.2, 0) is 5.41 Å². The fourth-order valence-electron chi connectivity index (χ4n) is 7.69. The van der Waals surface area contributed by atoms with Crippen LogP contribution in [0.2, 0.25) is 49.4 Å². The van der Waals surface area contributed by atoms with E-state index < -0.39 is 16.1 Å². The molecule has 4 saturated carbocycles. The molecule has 0 bridgehead atoms. The van der Waals surface area contributed by atoms with E-state index in [9.17, 15) is 0 Å². The molecule has 1 aromatic rings. The van der Waals surface area contributed by atoms with Gasteiger partial charge in [0.15, 0.2) is 0 Å². The Morgan fingerprint density at radius 1 is 0.737 bits per heavy atom. The Hall–Kier alpha value is -0.346. The molecule has 0 nitrogen and oxygen atoms in total. The summed E-state index contributed by atoms with van der Waals surface area (Å²) in [5.41, 5.74) is 2.97. The highest BCUT2D eigenvalue weighted by atomic mass is 28.3. The number of rotatable bonds is 3. The van der Waals surface area contributed by atoms with Crippen molar-refractivity contribution in [2.45, 2.75) is 61.7 Å². The quantitative estimate of drug-likeness (QED) is 0.676. The van der Waals surface area contributed by atoms with Crippen LogP contribution in [0.15, 0.2) is 30.3 Å². The van der Waals surface area contributed by atoms with E-state index in [1.807, 2.05) is 0 Å². The second kappa shape index (κ2) is 2.57. The first kappa shape index (κ1) is 12.4. The summed E-state index contributed by atoms with van der Waals surface area (Å²) in [6.07, 6.45) is 0. The van der Waals surface area contributed by atoms with Crippen LogP contribution in [0.4, 0.5) is 0 Å². The summed E-state index contributed by atoms with van der Waals surface area (Å²) in [6.45, 7) is 18.3. The van der Waals surface area contributed by atoms with Crippen LogP contribution in [0.5, 0.6) is 0 Å². The zero-order chi connectivity index (χ0) is 14.1. The first-order chi connectivity index (χ1) is 8.61. The zero-order valence-electron chi connectivity index (χ0n) is 13.4. The van der Waals surface area contributed by atoms with Crippen LogP contribution in [0.1, 0.15) is 12.5 Å². The predicted molar refractivity (Wildman–Crippen MR) is 88.3 cm³/mol. The van der Waals surface area contributed by atoms with Gasteiger partial charge in [-0.1, -0.05) is 76.5 Å². The van der Waals surface area contributed by atoms with Crippen LogP contribution < -0.4 is 0 Å². The lowest BCUT2D eigenvalue weighted by atomic mass is 10.1. The lowest BCUT2D eigenvalue weighted by molar-refractivity contribution is 0.900. The fourth-order valence-corrected chi connectivity index (χ4v) is 20.1. The van der Waals surface area contributed by atoms with Gasteiger partial charge in [-0.05, 0) is 21.1 Å². The third-order valence-corrected chi connectivity index (χ3v) is 14.4. The van der Waals surface area contributed by atoms with Gasteiger partial charge in [0.1, 0.15) is 0 Å². The molecule has 4 aliphatic rings. The average molecular weight is 287 g/mol. The van der Waals surface area contributed by atoms with Gasteiger partial charge in [-0.3, -0.25) is 0 Å². The van der Waals surface area contributed by atoms with Crippen molar-refractivity contribution in [2.75, 3.05) is 0 Å². The van der Waals surface area contributed by atoms with E-state index in [1.165, 1.54) is 0 Å². The average Bonchev–Trinajstić information content (AvgIpc) is 3.15. The molecule has 1 aromatic carbocycles. The normalized spacial score (nSPS) is 49.6. The Morgan fingerprint density at radius 2 is 1.16 bits per heavy atom. The Bertz CT molecular complexity index is 562. The van der Waals surface area contributed by atoms with Crippen molar-refractivity contribution in [3.8, 4) is 0 Å². The SMILES string of the molecule is CC12C3(c4ccccc4)C1([Si](C)(C)C)C23[Si](C)(C)C. The van der Waals surface area contributed by atoms with Crippen molar-refractivity contribution >= 4 is 16.1 Å². The molecule has 0 radical (unpaired) electrons. The van der Waals surface area contributed by atoms with E-state index in [-0.39, 0.29) is 0 Å². The first-order valence-corrected chi connectivity index (χ1v) is 14.7. The monoisotopic (exact) mass is 286 g/mol. The van der Waals surface area contributed by atoms with Crippen LogP contribution in [-0.4, -0.2) is 16.1 Å². The molecule has 2 unspecified atom stereocenters. The van der Waals surface area contributed by atoms with Crippen molar-refractivity contribution in [3.63, 3.8) is 0 Å². The smallest absolute Gasteiger partial charge is 0.0528 e. The van der Waals surface area contributed by atoms with Gasteiger partial charge < -0.3 is 0 Å². The van der Waals surface area contributed by atoms with Gasteiger partial charge in [0.2, 0.25) is 0 Å². The minimum Gasteiger partial charge on any atom is -0.0691 e. The minimum atomic E-state index is -1.11. The molecule has 2 heteroatoms. The second-order valence-corrected chi connectivity index (χ2v) is 19.7. The number of benzene rings is 1. The molecule has 19 heavy (non-hydrogen) atoms. The van der Waals surface area contributed by atoms with Crippen LogP contribution in [0, 0.1) is 5.41 Å². The third kappa shape index (κ3) is 0.717. The van der Waals surface area contributed by atoms with Crippen LogP contribution in [0.25, 0.3) is 0 Å². The van der Waals surface area contributed by atoms with Crippen molar-refractivity contribution in [2.24, 2.45) is 5.41 Å². The molecule has 0 heterocycles. The van der Waals surface area contributed by atoms with E-state index in [0.29, 0.717) is 10.8 Å². The Kier molecular flexibility index (Phi) is 1.68. The van der Waals surface area contributed by atoms with Gasteiger partial charge in [-0.15, -0.1) is 0 Å². The fraction of sp³-hybridized carbons (Fsp3) is 0.647. The van der Waals surface area contributed by atoms with Gasteiger partial charge in [-0.2, -0.15) is 0 Å². The summed E-state index contributed by atoms with van der Waals surface area (Å²) in [7, 11) is -2.22. The van der Waals surface area contributed by atoms with Gasteiger partial charge >= 0.3 is 0 Å². The molecule has 102 valence electrons. The van der Waals surface area contributed by atoms with Crippen LogP contribution in [0.3, 0.4) is 0 Å². The highest BCUT2D eigenvalue weighted by Gasteiger charge is 3.36. The maximum Gasteiger partial charge on any atom is 0.0528 e. The topological polar surface area (TPSA) is 0 Å². The Morgan fingerprint density at radius 3 is 1.47 bits per heavy atom. The molecule has 0 spiro atoms. The summed E-state index contributed by atoms with van der Waals surface area (Å²) in [5.74, 6) is 0. The minimum absolute atomic E-state index is 0.614. The van der Waals surface area contributed by atoms with Crippen molar-refractivity contribution in [3.05, 3.63) is 35.9 Å². The summed E-state index contributed by atoms with van der Waals surface area (Å²) in [6, 6.07) is 11.5. The van der Waals surface area contributed by atoms with Crippen molar-refractivity contribution in [1.29, 1.82) is 0 Å². The molecule has 0 N–H and O–H groups in total. The lowest BCUT2D eigenvalue weighted by Crippen LogP contribution is -2.26. The summed E-state index contributed by atoms with van der Waals surface area (Å²) < 4.78 is 0. The Balaban J connectivity index is 1.92. The largest absolute Gasteiger partial charge is 0.0691 e. The van der Waals surface area contributed by atoms with E-state index in [0.717, 1.165) is 10.1 Å². The molecular formula is C17H26Si2. The van der Waals surface area contributed by atoms with Crippen molar-refractivity contribution in [1.82, 2.24) is 0 Å². The molecule has 5 rings (SSSR count). The molecule has 0 amide bonds. The highest BCUT2D eigenvalue weighted by Crippen LogP contribution is 3.43. The highest BCUT2D eigenvalue weighted by molar-refractivity contribution is 6.96. The molecule has 0 aromatic heterocycles. The third-order valence-electron chi connectivity index (χ3n) is 7.14. The maximum atomic E-state index is 2.62. The molecule has 0 aliphatic heterocycles. The summed E-state index contributed by atoms with van der Waals surface area (Å²) in [5, 5.41) is 1.51. The molecule has 2 atom stereocenters. The van der Waals surface area contributed by atoms with Gasteiger partial charge in [-0.25, -0.2) is 0 Å². The van der Waals surface area contributed by atoms with E-state index >= 15 is 0 Å². The van der Waals surface area contributed by atoms with Gasteiger partial charge in [0.05, 0.1) is 16.1 Å². The maximum absolute atomic E-state index is 2.62. The number of hydrogen-bond acceptors (Lipinski definition) is 0. The Labute approximate surface area is 119 Å². The van der Waals surface area contributed by atoms with Crippen LogP contribution >= 0.6 is 0 Å². The van der Waals surface area contributed by atoms with Gasteiger partial charge in [0.25, 0.3) is 0 Å². The second-order valence-electron chi connectivity index (χ2n) is 9.24. The summed E-state index contributed by atoms with van der Waals surface area (Å²) >= 11 is 0. The van der Waals surface area contributed by atoms with E-state index in [4.69, 9.17) is 0 Å². The molecular weight excluding hydrogens is 260 g/mol. The van der Waals surface area contributed by atoms with E-state index in [1.54, 1.807) is 5.56 Å². The van der Waals surface area contributed by atoms with Crippen molar-refractivity contribution < 1.29 is 0 Å². The zero-order valence-corrected chi connectivity index (χ0v) is 15.4.